The SMILES string of the molecule is FC(F)(F)C1(O[B]OC2(C(F)(F)F)N=CC=CN2)N=CC=CN1. The van der Waals surface area contributed by atoms with Gasteiger partial charge in [0.1, 0.15) is 0 Å². The monoisotopic (exact) mass is 341 g/mol. The molecule has 23 heavy (non-hydrogen) atoms. The highest BCUT2D eigenvalue weighted by Gasteiger charge is 2.60. The third-order valence-corrected chi connectivity index (χ3v) is 2.64. The van der Waals surface area contributed by atoms with E-state index >= 15 is 0 Å². The zero-order valence-electron chi connectivity index (χ0n) is 11.0. The zero-order valence-corrected chi connectivity index (χ0v) is 11.0. The molecular formula is C10H8BF6N4O2. The summed E-state index contributed by atoms with van der Waals surface area (Å²) in [4.78, 5) is 6.13. The van der Waals surface area contributed by atoms with Crippen LogP contribution in [-0.2, 0) is 9.31 Å². The minimum absolute atomic E-state index is 0.117. The molecule has 0 bridgehead atoms. The van der Waals surface area contributed by atoms with Gasteiger partial charge < -0.3 is 19.9 Å². The number of nitrogens with zero attached hydrogens (tertiary/aromatic N) is 2. The summed E-state index contributed by atoms with van der Waals surface area (Å²) in [5.41, 5.74) is 0. The van der Waals surface area contributed by atoms with Crippen molar-refractivity contribution in [1.29, 1.82) is 0 Å². The van der Waals surface area contributed by atoms with E-state index < -0.39 is 24.1 Å². The van der Waals surface area contributed by atoms with E-state index in [9.17, 15) is 26.3 Å². The molecule has 0 aromatic heterocycles. The summed E-state index contributed by atoms with van der Waals surface area (Å²) in [5.74, 6) is -6.58. The molecule has 0 aromatic rings. The number of aliphatic imine (C=N–C) groups is 2. The Hall–Kier alpha value is -2.02. The topological polar surface area (TPSA) is 67.2 Å². The molecule has 2 unspecified atom stereocenters. The molecule has 2 N–H and O–H groups in total. The van der Waals surface area contributed by atoms with Gasteiger partial charge >= 0.3 is 31.7 Å². The average molecular weight is 341 g/mol. The van der Waals surface area contributed by atoms with E-state index in [1.807, 2.05) is 0 Å². The summed E-state index contributed by atoms with van der Waals surface area (Å²) in [6.07, 6.45) is -4.56. The normalized spacial score (nSPS) is 30.0. The van der Waals surface area contributed by atoms with E-state index in [0.717, 1.165) is 37.0 Å². The van der Waals surface area contributed by atoms with Crippen LogP contribution in [0.2, 0.25) is 0 Å². The van der Waals surface area contributed by atoms with Gasteiger partial charge in [-0.05, 0) is 12.2 Å². The van der Waals surface area contributed by atoms with E-state index in [-0.39, 0.29) is 7.69 Å². The maximum absolute atomic E-state index is 13.0. The first-order valence-corrected chi connectivity index (χ1v) is 5.89. The lowest BCUT2D eigenvalue weighted by Gasteiger charge is -2.36. The molecule has 0 saturated heterocycles. The van der Waals surface area contributed by atoms with Crippen molar-refractivity contribution in [2.45, 2.75) is 24.1 Å². The maximum Gasteiger partial charge on any atom is 0.494 e. The van der Waals surface area contributed by atoms with Gasteiger partial charge in [-0.25, -0.2) is 9.98 Å². The Bertz CT molecular complexity index is 513. The first kappa shape index (κ1) is 17.3. The molecule has 2 aliphatic rings. The number of hydrogen-bond acceptors (Lipinski definition) is 6. The van der Waals surface area contributed by atoms with Gasteiger partial charge in [-0.2, -0.15) is 26.3 Å². The number of alkyl halides is 6. The summed E-state index contributed by atoms with van der Waals surface area (Å²) < 4.78 is 86.6. The third kappa shape index (κ3) is 3.34. The van der Waals surface area contributed by atoms with Crippen molar-refractivity contribution in [2.75, 3.05) is 0 Å². The van der Waals surface area contributed by atoms with E-state index in [1.165, 1.54) is 0 Å². The lowest BCUT2D eigenvalue weighted by atomic mass is 10.2. The second-order valence-electron chi connectivity index (χ2n) is 4.18. The number of nitrogens with one attached hydrogen (secondary N) is 2. The third-order valence-electron chi connectivity index (χ3n) is 2.64. The van der Waals surface area contributed by atoms with Crippen LogP contribution < -0.4 is 10.6 Å². The van der Waals surface area contributed by atoms with Gasteiger partial charge in [-0.15, -0.1) is 0 Å². The first-order chi connectivity index (χ1) is 10.6. The zero-order chi connectivity index (χ0) is 17.2. The average Bonchev–Trinajstić information content (AvgIpc) is 2.47. The second-order valence-corrected chi connectivity index (χ2v) is 4.18. The van der Waals surface area contributed by atoms with Gasteiger partial charge in [0.15, 0.2) is 0 Å². The maximum atomic E-state index is 13.0. The molecule has 0 amide bonds. The van der Waals surface area contributed by atoms with Crippen LogP contribution in [0.5, 0.6) is 0 Å². The quantitative estimate of drug-likeness (QED) is 0.599. The van der Waals surface area contributed by atoms with Gasteiger partial charge in [-0.3, -0.25) is 0 Å². The Balaban J connectivity index is 2.10. The summed E-state index contributed by atoms with van der Waals surface area (Å²) >= 11 is 0. The van der Waals surface area contributed by atoms with Crippen molar-refractivity contribution in [3.05, 3.63) is 24.6 Å². The predicted octanol–water partition coefficient (Wildman–Crippen LogP) is 1.36. The molecule has 125 valence electrons. The van der Waals surface area contributed by atoms with Crippen molar-refractivity contribution in [3.8, 4) is 0 Å². The fourth-order valence-electron chi connectivity index (χ4n) is 1.51. The van der Waals surface area contributed by atoms with Crippen LogP contribution in [0.15, 0.2) is 34.5 Å². The van der Waals surface area contributed by atoms with Crippen LogP contribution in [0.1, 0.15) is 0 Å². The molecule has 0 spiro atoms. The number of halogens is 6. The van der Waals surface area contributed by atoms with E-state index in [4.69, 9.17) is 0 Å². The summed E-state index contributed by atoms with van der Waals surface area (Å²) in [6, 6.07) is 0. The van der Waals surface area contributed by atoms with Crippen LogP contribution in [0.4, 0.5) is 26.3 Å². The predicted molar refractivity (Wildman–Crippen MR) is 67.0 cm³/mol. The summed E-state index contributed by atoms with van der Waals surface area (Å²) in [7, 11) is -0.117. The highest BCUT2D eigenvalue weighted by atomic mass is 19.4. The van der Waals surface area contributed by atoms with E-state index in [2.05, 4.69) is 19.3 Å². The standard InChI is InChI=1S/C10H8BF6N4O2/c12-7(13,14)9(18-3-1-4-19-9)22-11-23-10(8(15,16)17)20-5-2-6-21-10/h1-6,18,20H. The lowest BCUT2D eigenvalue weighted by Crippen LogP contribution is -2.60. The van der Waals surface area contributed by atoms with Crippen LogP contribution in [0, 0.1) is 0 Å². The number of rotatable bonds is 4. The first-order valence-electron chi connectivity index (χ1n) is 5.89. The molecule has 2 rings (SSSR count). The molecule has 2 heterocycles. The van der Waals surface area contributed by atoms with Crippen LogP contribution in [0.25, 0.3) is 0 Å². The molecule has 0 aliphatic carbocycles. The molecule has 0 aromatic carbocycles. The summed E-state index contributed by atoms with van der Waals surface area (Å²) in [5, 5.41) is 3.54. The number of hydrogen-bond donors (Lipinski definition) is 2. The van der Waals surface area contributed by atoms with Crippen molar-refractivity contribution in [1.82, 2.24) is 10.6 Å². The van der Waals surface area contributed by atoms with Gasteiger partial charge in [0.05, 0.1) is 0 Å². The van der Waals surface area contributed by atoms with Gasteiger partial charge in [0, 0.05) is 24.8 Å². The lowest BCUT2D eigenvalue weighted by molar-refractivity contribution is -0.275. The Morgan fingerprint density at radius 3 is 1.43 bits per heavy atom. The second kappa shape index (κ2) is 5.89. The minimum Gasteiger partial charge on any atom is -0.365 e. The molecule has 6 nitrogen and oxygen atoms in total. The molecule has 13 heteroatoms. The highest BCUT2D eigenvalue weighted by Crippen LogP contribution is 2.36. The largest absolute Gasteiger partial charge is 0.494 e. The van der Waals surface area contributed by atoms with Crippen molar-refractivity contribution < 1.29 is 35.7 Å². The molecule has 0 fully saturated rings. The Kier molecular flexibility index (Phi) is 4.44. The number of allylic oxidation sites excluding steroid dienone is 2. The molecular weight excluding hydrogens is 333 g/mol. The van der Waals surface area contributed by atoms with Gasteiger partial charge in [0.25, 0.3) is 0 Å². The molecule has 2 aliphatic heterocycles. The van der Waals surface area contributed by atoms with Crippen molar-refractivity contribution in [3.63, 3.8) is 0 Å². The van der Waals surface area contributed by atoms with Crippen LogP contribution in [-0.4, -0.2) is 44.2 Å². The highest BCUT2D eigenvalue weighted by molar-refractivity contribution is 6.18. The van der Waals surface area contributed by atoms with Crippen molar-refractivity contribution >= 4 is 20.1 Å². The van der Waals surface area contributed by atoms with E-state index in [0.29, 0.717) is 0 Å². The molecule has 2 atom stereocenters. The smallest absolute Gasteiger partial charge is 0.365 e. The Morgan fingerprint density at radius 1 is 0.783 bits per heavy atom. The Labute approximate surface area is 126 Å². The molecule has 0 saturated carbocycles. The van der Waals surface area contributed by atoms with Crippen LogP contribution in [0.3, 0.4) is 0 Å². The Morgan fingerprint density at radius 2 is 1.17 bits per heavy atom. The fourth-order valence-corrected chi connectivity index (χ4v) is 1.51. The summed E-state index contributed by atoms with van der Waals surface area (Å²) in [6.45, 7) is 0. The minimum atomic E-state index is -5.07. The molecule has 1 radical (unpaired) electrons. The van der Waals surface area contributed by atoms with Gasteiger partial charge in [-0.1, -0.05) is 0 Å². The fraction of sp³-hybridized carbons (Fsp3) is 0.400. The van der Waals surface area contributed by atoms with Crippen LogP contribution >= 0.6 is 0 Å². The van der Waals surface area contributed by atoms with E-state index in [1.54, 1.807) is 10.6 Å². The van der Waals surface area contributed by atoms with Crippen molar-refractivity contribution in [2.24, 2.45) is 9.98 Å². The van der Waals surface area contributed by atoms with Gasteiger partial charge in [0.2, 0.25) is 0 Å².